The van der Waals surface area contributed by atoms with Crippen molar-refractivity contribution >= 4 is 45.1 Å². The molecule has 2 amide bonds. The fourth-order valence-corrected chi connectivity index (χ4v) is 4.45. The summed E-state index contributed by atoms with van der Waals surface area (Å²) in [7, 11) is 0. The van der Waals surface area contributed by atoms with Crippen LogP contribution in [0.5, 0.6) is 0 Å². The fraction of sp³-hybridized carbons (Fsp3) is 0.143. The van der Waals surface area contributed by atoms with Gasteiger partial charge in [0.2, 0.25) is 0 Å². The number of rotatable bonds is 4. The van der Waals surface area contributed by atoms with Crippen molar-refractivity contribution in [3.05, 3.63) is 96.4 Å². The number of nitrogens with zero attached hydrogens (tertiary/aromatic N) is 2. The summed E-state index contributed by atoms with van der Waals surface area (Å²) in [5.41, 5.74) is 3.15. The van der Waals surface area contributed by atoms with Gasteiger partial charge in [0.1, 0.15) is 11.2 Å². The number of anilines is 2. The van der Waals surface area contributed by atoms with E-state index in [0.717, 1.165) is 35.1 Å². The normalized spacial score (nSPS) is 13.9. The Hall–Kier alpha value is -4.52. The lowest BCUT2D eigenvalue weighted by Crippen LogP contribution is -2.48. The number of para-hydroxylation sites is 2. The van der Waals surface area contributed by atoms with E-state index in [1.807, 2.05) is 83.8 Å². The number of nitrogens with one attached hydrogen (secondary N) is 1. The molecule has 7 heteroatoms. The zero-order valence-corrected chi connectivity index (χ0v) is 18.9. The van der Waals surface area contributed by atoms with E-state index in [4.69, 9.17) is 8.83 Å². The van der Waals surface area contributed by atoms with Gasteiger partial charge in [0, 0.05) is 48.3 Å². The first-order valence-corrected chi connectivity index (χ1v) is 11.6. The summed E-state index contributed by atoms with van der Waals surface area (Å²) in [5, 5.41) is 4.71. The van der Waals surface area contributed by atoms with Crippen LogP contribution >= 0.6 is 0 Å². The van der Waals surface area contributed by atoms with E-state index in [1.54, 1.807) is 6.07 Å². The summed E-state index contributed by atoms with van der Waals surface area (Å²) in [6.07, 6.45) is 0. The Kier molecular flexibility index (Phi) is 5.22. The van der Waals surface area contributed by atoms with E-state index in [2.05, 4.69) is 10.2 Å². The molecule has 1 aliphatic rings. The summed E-state index contributed by atoms with van der Waals surface area (Å²) in [6.45, 7) is 2.66. The molecule has 35 heavy (non-hydrogen) atoms. The Bertz CT molecular complexity index is 1460. The van der Waals surface area contributed by atoms with Crippen molar-refractivity contribution in [3.8, 4) is 0 Å². The number of benzene rings is 3. The topological polar surface area (TPSA) is 78.9 Å². The molecule has 2 aromatic heterocycles. The fourth-order valence-electron chi connectivity index (χ4n) is 4.45. The SMILES string of the molecule is O=C(Nc1ccc(N2CCN(C(=O)c3cc4ccccc4o3)CC2)cc1)c1cc2ccccc2o1. The Balaban J connectivity index is 1.07. The quantitative estimate of drug-likeness (QED) is 0.385. The Morgan fingerprint density at radius 2 is 1.26 bits per heavy atom. The average molecular weight is 466 g/mol. The minimum atomic E-state index is -0.285. The first-order chi connectivity index (χ1) is 17.1. The smallest absolute Gasteiger partial charge is 0.291 e. The second-order valence-electron chi connectivity index (χ2n) is 8.58. The molecule has 0 bridgehead atoms. The van der Waals surface area contributed by atoms with Crippen LogP contribution in [-0.4, -0.2) is 42.9 Å². The van der Waals surface area contributed by atoms with Crippen LogP contribution in [-0.2, 0) is 0 Å². The largest absolute Gasteiger partial charge is 0.451 e. The minimum Gasteiger partial charge on any atom is -0.451 e. The molecule has 1 aliphatic heterocycles. The highest BCUT2D eigenvalue weighted by Gasteiger charge is 2.25. The molecule has 6 rings (SSSR count). The number of hydrogen-bond acceptors (Lipinski definition) is 5. The van der Waals surface area contributed by atoms with E-state index in [0.29, 0.717) is 30.1 Å². The second kappa shape index (κ2) is 8.68. The third-order valence-electron chi connectivity index (χ3n) is 6.34. The highest BCUT2D eigenvalue weighted by molar-refractivity contribution is 6.04. The molecule has 3 heterocycles. The third-order valence-corrected chi connectivity index (χ3v) is 6.34. The van der Waals surface area contributed by atoms with Gasteiger partial charge in [-0.2, -0.15) is 0 Å². The van der Waals surface area contributed by atoms with Crippen molar-refractivity contribution in [2.24, 2.45) is 0 Å². The van der Waals surface area contributed by atoms with Gasteiger partial charge in [0.25, 0.3) is 11.8 Å². The molecule has 1 fully saturated rings. The van der Waals surface area contributed by atoms with Gasteiger partial charge >= 0.3 is 0 Å². The number of amides is 2. The van der Waals surface area contributed by atoms with Crippen LogP contribution in [0, 0.1) is 0 Å². The lowest BCUT2D eigenvalue weighted by Gasteiger charge is -2.35. The van der Waals surface area contributed by atoms with Crippen LogP contribution in [0.3, 0.4) is 0 Å². The standard InChI is InChI=1S/C28H23N3O4/c32-27(25-17-19-5-1-3-7-23(19)34-25)29-21-9-11-22(12-10-21)30-13-15-31(16-14-30)28(33)26-18-20-6-2-4-8-24(20)35-26/h1-12,17-18H,13-16H2,(H,29,32). The summed E-state index contributed by atoms with van der Waals surface area (Å²) >= 11 is 0. The van der Waals surface area contributed by atoms with Crippen molar-refractivity contribution in [2.75, 3.05) is 36.4 Å². The predicted molar refractivity (Wildman–Crippen MR) is 135 cm³/mol. The van der Waals surface area contributed by atoms with Gasteiger partial charge in [0.15, 0.2) is 11.5 Å². The molecular formula is C28H23N3O4. The van der Waals surface area contributed by atoms with Crippen LogP contribution in [0.15, 0.2) is 93.8 Å². The third kappa shape index (κ3) is 4.12. The van der Waals surface area contributed by atoms with E-state index >= 15 is 0 Å². The summed E-state index contributed by atoms with van der Waals surface area (Å²) in [5.74, 6) is 0.292. The lowest BCUT2D eigenvalue weighted by molar-refractivity contribution is 0.0717. The monoisotopic (exact) mass is 465 g/mol. The van der Waals surface area contributed by atoms with Gasteiger partial charge in [-0.3, -0.25) is 9.59 Å². The number of fused-ring (bicyclic) bond motifs is 2. The Morgan fingerprint density at radius 1 is 0.686 bits per heavy atom. The van der Waals surface area contributed by atoms with Gasteiger partial charge in [-0.25, -0.2) is 0 Å². The molecule has 0 radical (unpaired) electrons. The molecule has 1 N–H and O–H groups in total. The van der Waals surface area contributed by atoms with Gasteiger partial charge < -0.3 is 24.0 Å². The molecular weight excluding hydrogens is 442 g/mol. The molecule has 174 valence electrons. The lowest BCUT2D eigenvalue weighted by atomic mass is 10.2. The molecule has 0 spiro atoms. The van der Waals surface area contributed by atoms with Crippen LogP contribution in [0.4, 0.5) is 11.4 Å². The number of carbonyl (C=O) groups is 2. The molecule has 5 aromatic rings. The van der Waals surface area contributed by atoms with Crippen molar-refractivity contribution in [3.63, 3.8) is 0 Å². The van der Waals surface area contributed by atoms with Crippen molar-refractivity contribution in [1.82, 2.24) is 4.90 Å². The Labute approximate surface area is 201 Å². The number of furan rings is 2. The summed E-state index contributed by atoms with van der Waals surface area (Å²) < 4.78 is 11.4. The maximum atomic E-state index is 12.9. The molecule has 0 saturated carbocycles. The number of piperazine rings is 1. The van der Waals surface area contributed by atoms with Gasteiger partial charge in [-0.15, -0.1) is 0 Å². The first-order valence-electron chi connectivity index (χ1n) is 11.6. The zero-order valence-electron chi connectivity index (χ0n) is 18.9. The van der Waals surface area contributed by atoms with Crippen molar-refractivity contribution < 1.29 is 18.4 Å². The summed E-state index contributed by atoms with van der Waals surface area (Å²) in [4.78, 5) is 29.5. The number of hydrogen-bond donors (Lipinski definition) is 1. The molecule has 1 saturated heterocycles. The van der Waals surface area contributed by atoms with E-state index < -0.39 is 0 Å². The molecule has 0 aliphatic carbocycles. The maximum absolute atomic E-state index is 12.9. The van der Waals surface area contributed by atoms with Crippen molar-refractivity contribution in [1.29, 1.82) is 0 Å². The van der Waals surface area contributed by atoms with Gasteiger partial charge in [0.05, 0.1) is 0 Å². The zero-order chi connectivity index (χ0) is 23.8. The summed E-state index contributed by atoms with van der Waals surface area (Å²) in [6, 6.07) is 26.4. The van der Waals surface area contributed by atoms with Crippen LogP contribution in [0.25, 0.3) is 21.9 Å². The molecule has 3 aromatic carbocycles. The van der Waals surface area contributed by atoms with E-state index in [9.17, 15) is 9.59 Å². The second-order valence-corrected chi connectivity index (χ2v) is 8.58. The average Bonchev–Trinajstić information content (AvgIpc) is 3.53. The maximum Gasteiger partial charge on any atom is 0.291 e. The molecule has 7 nitrogen and oxygen atoms in total. The van der Waals surface area contributed by atoms with E-state index in [-0.39, 0.29) is 17.6 Å². The predicted octanol–water partition coefficient (Wildman–Crippen LogP) is 5.39. The highest BCUT2D eigenvalue weighted by atomic mass is 16.4. The van der Waals surface area contributed by atoms with E-state index in [1.165, 1.54) is 0 Å². The van der Waals surface area contributed by atoms with Crippen LogP contribution in [0.1, 0.15) is 21.1 Å². The molecule has 0 atom stereocenters. The van der Waals surface area contributed by atoms with Gasteiger partial charge in [-0.1, -0.05) is 36.4 Å². The first kappa shape index (κ1) is 21.0. The van der Waals surface area contributed by atoms with Crippen LogP contribution < -0.4 is 10.2 Å². The van der Waals surface area contributed by atoms with Crippen LogP contribution in [0.2, 0.25) is 0 Å². The minimum absolute atomic E-state index is 0.0792. The van der Waals surface area contributed by atoms with Gasteiger partial charge in [-0.05, 0) is 48.5 Å². The Morgan fingerprint density at radius 3 is 1.89 bits per heavy atom. The highest BCUT2D eigenvalue weighted by Crippen LogP contribution is 2.24. The van der Waals surface area contributed by atoms with Crippen molar-refractivity contribution in [2.45, 2.75) is 0 Å². The number of carbonyl (C=O) groups excluding carboxylic acids is 2. The molecule has 0 unspecified atom stereocenters.